The van der Waals surface area contributed by atoms with Crippen LogP contribution in [0.15, 0.2) is 30.6 Å². The molecule has 17 heteroatoms. The van der Waals surface area contributed by atoms with Gasteiger partial charge in [0.1, 0.15) is 29.0 Å². The van der Waals surface area contributed by atoms with Crippen LogP contribution in [0.25, 0.3) is 22.6 Å². The molecule has 5 heterocycles. The van der Waals surface area contributed by atoms with Crippen molar-refractivity contribution in [3.63, 3.8) is 0 Å². The Morgan fingerprint density at radius 2 is 1.90 bits per heavy atom. The molecule has 1 aliphatic heterocycles. The van der Waals surface area contributed by atoms with E-state index in [1.807, 2.05) is 0 Å². The van der Waals surface area contributed by atoms with E-state index in [2.05, 4.69) is 35.7 Å². The number of halogens is 8. The molecule has 0 fully saturated rings. The Bertz CT molecular complexity index is 1640. The molecule has 1 atom stereocenters. The first kappa shape index (κ1) is 27.9. The summed E-state index contributed by atoms with van der Waals surface area (Å²) in [6, 6.07) is 3.57. The van der Waals surface area contributed by atoms with E-state index in [1.165, 1.54) is 23.0 Å². The number of nitrogens with zero attached hydrogens (tertiary/aromatic N) is 6. The number of pyridine rings is 2. The summed E-state index contributed by atoms with van der Waals surface area (Å²) in [6.07, 6.45) is -3.63. The van der Waals surface area contributed by atoms with Crippen LogP contribution in [0.5, 0.6) is 0 Å². The molecule has 2 N–H and O–H groups in total. The maximum Gasteiger partial charge on any atom is 0.407 e. The normalized spacial score (nSPS) is 17.3. The van der Waals surface area contributed by atoms with Crippen LogP contribution in [0.3, 0.4) is 0 Å². The van der Waals surface area contributed by atoms with Gasteiger partial charge in [-0.15, -0.1) is 0 Å². The quantitative estimate of drug-likeness (QED) is 0.157. The standard InChI is InChI=1S/C23H16F7IN8O/c1-21(23(28,29)30)14-16(33-6-4-22(26,27)31)35-18(36-17(14)37-20(21)40)15-11-7-10(24)8-34-19(11)39(38-15)9-13-12(25)3-2-5-32-13/h2-3,5,7-8H,4,6,9H2,1H3,(H2,33,35,36,37,40). The number of hydrogen-bond donors (Lipinski definition) is 2. The van der Waals surface area contributed by atoms with Crippen molar-refractivity contribution in [2.24, 2.45) is 0 Å². The van der Waals surface area contributed by atoms with E-state index in [1.54, 1.807) is 0 Å². The highest BCUT2D eigenvalue weighted by molar-refractivity contribution is 14.1. The summed E-state index contributed by atoms with van der Waals surface area (Å²) < 4.78 is 95.7. The second kappa shape index (κ2) is 9.77. The van der Waals surface area contributed by atoms with Gasteiger partial charge in [0.05, 0.1) is 29.4 Å². The van der Waals surface area contributed by atoms with Crippen molar-refractivity contribution in [1.29, 1.82) is 0 Å². The fourth-order valence-electron chi connectivity index (χ4n) is 4.18. The van der Waals surface area contributed by atoms with Crippen LogP contribution in [0.2, 0.25) is 0 Å². The SMILES string of the molecule is CC1(C(F)(F)F)C(=O)Nc2nc(-c3nn(Cc4ncccc4F)c4ncc(F)cc34)nc(NCCC(F)(F)I)c21. The molecule has 40 heavy (non-hydrogen) atoms. The lowest BCUT2D eigenvalue weighted by Crippen LogP contribution is -2.45. The molecule has 0 saturated heterocycles. The predicted octanol–water partition coefficient (Wildman–Crippen LogP) is 5.21. The Hall–Kier alpha value is -3.64. The molecule has 0 aliphatic carbocycles. The summed E-state index contributed by atoms with van der Waals surface area (Å²) in [5.74, 6) is -4.33. The van der Waals surface area contributed by atoms with Crippen molar-refractivity contribution >= 4 is 51.2 Å². The maximum absolute atomic E-state index is 14.3. The number of hydrogen-bond acceptors (Lipinski definition) is 7. The fourth-order valence-corrected chi connectivity index (χ4v) is 4.45. The molecule has 4 aromatic rings. The zero-order chi connectivity index (χ0) is 29.0. The Labute approximate surface area is 233 Å². The number of alkyl halides is 6. The Morgan fingerprint density at radius 1 is 1.15 bits per heavy atom. The van der Waals surface area contributed by atoms with E-state index < -0.39 is 63.2 Å². The van der Waals surface area contributed by atoms with Gasteiger partial charge in [0.15, 0.2) is 16.9 Å². The van der Waals surface area contributed by atoms with Crippen LogP contribution in [-0.2, 0) is 16.8 Å². The summed E-state index contributed by atoms with van der Waals surface area (Å²) in [5.41, 5.74) is -3.93. The molecule has 9 nitrogen and oxygen atoms in total. The molecule has 0 radical (unpaired) electrons. The number of anilines is 2. The second-order valence-electron chi connectivity index (χ2n) is 8.95. The van der Waals surface area contributed by atoms with Gasteiger partial charge in [0.25, 0.3) is 3.93 Å². The van der Waals surface area contributed by atoms with Crippen LogP contribution in [0.4, 0.5) is 42.4 Å². The lowest BCUT2D eigenvalue weighted by atomic mass is 9.83. The van der Waals surface area contributed by atoms with Crippen LogP contribution < -0.4 is 10.6 Å². The van der Waals surface area contributed by atoms with Gasteiger partial charge in [-0.05, 0) is 47.7 Å². The van der Waals surface area contributed by atoms with E-state index in [0.717, 1.165) is 34.9 Å². The van der Waals surface area contributed by atoms with Crippen LogP contribution in [0, 0.1) is 11.6 Å². The molecule has 4 aromatic heterocycles. The molecule has 1 aliphatic rings. The fraction of sp³-hybridized carbons (Fsp3) is 0.304. The largest absolute Gasteiger partial charge is 0.407 e. The third-order valence-corrected chi connectivity index (χ3v) is 6.80. The van der Waals surface area contributed by atoms with Gasteiger partial charge in [-0.25, -0.2) is 28.4 Å². The van der Waals surface area contributed by atoms with E-state index in [-0.39, 0.29) is 34.8 Å². The number of amides is 1. The summed E-state index contributed by atoms with van der Waals surface area (Å²) >= 11 is 0.882. The molecule has 0 aromatic carbocycles. The lowest BCUT2D eigenvalue weighted by molar-refractivity contribution is -0.186. The van der Waals surface area contributed by atoms with Gasteiger partial charge in [-0.3, -0.25) is 9.78 Å². The molecule has 1 unspecified atom stereocenters. The van der Waals surface area contributed by atoms with Gasteiger partial charge in [0.2, 0.25) is 5.91 Å². The summed E-state index contributed by atoms with van der Waals surface area (Å²) in [5, 5.41) is 8.86. The van der Waals surface area contributed by atoms with Gasteiger partial charge < -0.3 is 10.6 Å². The zero-order valence-electron chi connectivity index (χ0n) is 20.1. The molecule has 0 bridgehead atoms. The molecular weight excluding hydrogens is 664 g/mol. The number of aromatic nitrogens is 6. The number of carbonyl (C=O) groups excluding carboxylic acids is 1. The summed E-state index contributed by atoms with van der Waals surface area (Å²) in [7, 11) is 0. The van der Waals surface area contributed by atoms with Crippen LogP contribution >= 0.6 is 22.6 Å². The number of carbonyl (C=O) groups is 1. The minimum absolute atomic E-state index is 0.0175. The minimum Gasteiger partial charge on any atom is -0.369 e. The Morgan fingerprint density at radius 3 is 2.58 bits per heavy atom. The third-order valence-electron chi connectivity index (χ3n) is 6.26. The minimum atomic E-state index is -5.09. The highest BCUT2D eigenvalue weighted by Gasteiger charge is 2.63. The number of fused-ring (bicyclic) bond motifs is 2. The summed E-state index contributed by atoms with van der Waals surface area (Å²) in [6.45, 7) is -0.142. The van der Waals surface area contributed by atoms with E-state index >= 15 is 0 Å². The van der Waals surface area contributed by atoms with Gasteiger partial charge in [-0.1, -0.05) is 0 Å². The van der Waals surface area contributed by atoms with Crippen molar-refractivity contribution in [2.75, 3.05) is 17.2 Å². The van der Waals surface area contributed by atoms with Gasteiger partial charge in [0, 0.05) is 19.2 Å². The third kappa shape index (κ3) is 4.90. The van der Waals surface area contributed by atoms with E-state index in [9.17, 15) is 35.5 Å². The molecular formula is C23H16F7IN8O. The van der Waals surface area contributed by atoms with Gasteiger partial charge in [-0.2, -0.15) is 27.1 Å². The molecule has 5 rings (SSSR count). The van der Waals surface area contributed by atoms with Gasteiger partial charge >= 0.3 is 6.18 Å². The van der Waals surface area contributed by atoms with Crippen molar-refractivity contribution in [3.8, 4) is 11.5 Å². The van der Waals surface area contributed by atoms with Crippen molar-refractivity contribution in [3.05, 3.63) is 53.5 Å². The average Bonchev–Trinajstić information content (AvgIpc) is 3.34. The first-order chi connectivity index (χ1) is 18.7. The van der Waals surface area contributed by atoms with Crippen molar-refractivity contribution in [2.45, 2.75) is 35.4 Å². The molecule has 210 valence electrons. The molecule has 0 saturated carbocycles. The Kier molecular flexibility index (Phi) is 6.82. The zero-order valence-corrected chi connectivity index (χ0v) is 22.3. The highest BCUT2D eigenvalue weighted by atomic mass is 127. The van der Waals surface area contributed by atoms with Crippen LogP contribution in [0.1, 0.15) is 24.6 Å². The first-order valence-electron chi connectivity index (χ1n) is 11.4. The predicted molar refractivity (Wildman–Crippen MR) is 136 cm³/mol. The molecule has 1 amide bonds. The lowest BCUT2D eigenvalue weighted by Gasteiger charge is -2.26. The second-order valence-corrected chi connectivity index (χ2v) is 10.5. The van der Waals surface area contributed by atoms with Crippen molar-refractivity contribution in [1.82, 2.24) is 29.7 Å². The highest BCUT2D eigenvalue weighted by Crippen LogP contribution is 2.51. The monoisotopic (exact) mass is 680 g/mol. The summed E-state index contributed by atoms with van der Waals surface area (Å²) in [4.78, 5) is 28.7. The van der Waals surface area contributed by atoms with E-state index in [0.29, 0.717) is 6.92 Å². The number of nitrogens with one attached hydrogen (secondary N) is 2. The average molecular weight is 680 g/mol. The van der Waals surface area contributed by atoms with Crippen molar-refractivity contribution < 1.29 is 35.5 Å². The van der Waals surface area contributed by atoms with E-state index in [4.69, 9.17) is 0 Å². The number of rotatable bonds is 7. The molecule has 0 spiro atoms. The maximum atomic E-state index is 14.3. The first-order valence-corrected chi connectivity index (χ1v) is 12.5. The smallest absolute Gasteiger partial charge is 0.369 e. The Balaban J connectivity index is 1.68. The van der Waals surface area contributed by atoms with Crippen LogP contribution in [-0.4, -0.2) is 52.3 Å². The topological polar surface area (TPSA) is 111 Å².